The highest BCUT2D eigenvalue weighted by Crippen LogP contribution is 2.41. The Balaban J connectivity index is 2.25. The van der Waals surface area contributed by atoms with E-state index in [4.69, 9.17) is 18.9 Å². The smallest absolute Gasteiger partial charge is 0.203 e. The van der Waals surface area contributed by atoms with Gasteiger partial charge < -0.3 is 24.1 Å². The van der Waals surface area contributed by atoms with E-state index < -0.39 is 6.10 Å². The predicted octanol–water partition coefficient (Wildman–Crippen LogP) is 2.31. The van der Waals surface area contributed by atoms with Crippen molar-refractivity contribution in [2.24, 2.45) is 0 Å². The highest BCUT2D eigenvalue weighted by atomic mass is 16.6. The highest BCUT2D eigenvalue weighted by Gasteiger charge is 2.33. The lowest BCUT2D eigenvalue weighted by Gasteiger charge is -2.17. The number of ether oxygens (including phenoxy) is 4. The van der Waals surface area contributed by atoms with Gasteiger partial charge in [-0.15, -0.1) is 0 Å². The maximum absolute atomic E-state index is 10.1. The molecule has 112 valence electrons. The summed E-state index contributed by atoms with van der Waals surface area (Å²) in [5, 5.41) is 10.1. The van der Waals surface area contributed by atoms with Crippen LogP contribution in [0.4, 0.5) is 0 Å². The van der Waals surface area contributed by atoms with Crippen LogP contribution in [0.5, 0.6) is 17.2 Å². The minimum absolute atomic E-state index is 0.128. The summed E-state index contributed by atoms with van der Waals surface area (Å²) in [5.74, 6) is 1.71. The summed E-state index contributed by atoms with van der Waals surface area (Å²) in [6, 6.07) is 3.55. The molecule has 1 fully saturated rings. The number of aliphatic hydroxyl groups is 1. The molecule has 0 aliphatic carbocycles. The van der Waals surface area contributed by atoms with E-state index in [-0.39, 0.29) is 6.10 Å². The van der Waals surface area contributed by atoms with Crippen LogP contribution in [0.2, 0.25) is 0 Å². The summed E-state index contributed by atoms with van der Waals surface area (Å²) in [5.41, 5.74) is 0.712. The fraction of sp³-hybridized carbons (Fsp3) is 0.600. The van der Waals surface area contributed by atoms with Gasteiger partial charge in [0.05, 0.1) is 27.4 Å². The Morgan fingerprint density at radius 3 is 2.35 bits per heavy atom. The molecule has 1 N–H and O–H groups in total. The maximum atomic E-state index is 10.1. The lowest BCUT2D eigenvalue weighted by molar-refractivity contribution is 0.136. The van der Waals surface area contributed by atoms with E-state index in [1.165, 1.54) is 0 Å². The van der Waals surface area contributed by atoms with Crippen LogP contribution >= 0.6 is 0 Å². The zero-order chi connectivity index (χ0) is 14.5. The molecule has 1 unspecified atom stereocenters. The minimum Gasteiger partial charge on any atom is -0.493 e. The molecule has 0 aromatic heterocycles. The van der Waals surface area contributed by atoms with Gasteiger partial charge in [0.1, 0.15) is 12.2 Å². The summed E-state index contributed by atoms with van der Waals surface area (Å²) in [6.07, 6.45) is 1.23. The molecular weight excluding hydrogens is 260 g/mol. The molecule has 1 aromatic carbocycles. The predicted molar refractivity (Wildman–Crippen MR) is 74.6 cm³/mol. The molecular formula is C15H22O5. The average molecular weight is 282 g/mol. The van der Waals surface area contributed by atoms with E-state index in [2.05, 4.69) is 6.92 Å². The number of methoxy groups -OCH3 is 2. The molecule has 2 atom stereocenters. The van der Waals surface area contributed by atoms with E-state index in [0.717, 1.165) is 12.8 Å². The summed E-state index contributed by atoms with van der Waals surface area (Å²) in [4.78, 5) is 0. The molecule has 0 saturated carbocycles. The van der Waals surface area contributed by atoms with Crippen molar-refractivity contribution < 1.29 is 24.1 Å². The highest BCUT2D eigenvalue weighted by molar-refractivity contribution is 5.54. The number of rotatable bonds is 8. The van der Waals surface area contributed by atoms with E-state index in [1.54, 1.807) is 26.4 Å². The second-order valence-corrected chi connectivity index (χ2v) is 4.77. The van der Waals surface area contributed by atoms with Crippen LogP contribution in [0.25, 0.3) is 0 Å². The SMILES string of the molecule is CCCCOc1c(OC)cc([C@@H](O)C2CO2)cc1OC. The average Bonchev–Trinajstić information content (AvgIpc) is 3.31. The van der Waals surface area contributed by atoms with Crippen LogP contribution in [0.3, 0.4) is 0 Å². The van der Waals surface area contributed by atoms with E-state index >= 15 is 0 Å². The lowest BCUT2D eigenvalue weighted by Crippen LogP contribution is -2.07. The molecule has 2 rings (SSSR count). The molecule has 0 spiro atoms. The van der Waals surface area contributed by atoms with Gasteiger partial charge in [0, 0.05) is 0 Å². The largest absolute Gasteiger partial charge is 0.493 e. The van der Waals surface area contributed by atoms with Crippen LogP contribution in [0.1, 0.15) is 31.4 Å². The molecule has 1 aliphatic heterocycles. The monoisotopic (exact) mass is 282 g/mol. The molecule has 0 amide bonds. The Bertz CT molecular complexity index is 417. The van der Waals surface area contributed by atoms with E-state index in [1.807, 2.05) is 0 Å². The van der Waals surface area contributed by atoms with Gasteiger partial charge in [0.15, 0.2) is 11.5 Å². The molecule has 5 nitrogen and oxygen atoms in total. The van der Waals surface area contributed by atoms with Gasteiger partial charge in [-0.3, -0.25) is 0 Å². The van der Waals surface area contributed by atoms with Crippen LogP contribution in [-0.2, 0) is 4.74 Å². The quantitative estimate of drug-likeness (QED) is 0.585. The summed E-state index contributed by atoms with van der Waals surface area (Å²) >= 11 is 0. The minimum atomic E-state index is -0.664. The summed E-state index contributed by atoms with van der Waals surface area (Å²) < 4.78 is 21.6. The zero-order valence-corrected chi connectivity index (χ0v) is 12.2. The Morgan fingerprint density at radius 1 is 1.30 bits per heavy atom. The third-order valence-electron chi connectivity index (χ3n) is 3.28. The van der Waals surface area contributed by atoms with Crippen molar-refractivity contribution in [2.75, 3.05) is 27.4 Å². The van der Waals surface area contributed by atoms with Crippen LogP contribution < -0.4 is 14.2 Å². The molecule has 1 saturated heterocycles. The molecule has 1 aliphatic rings. The zero-order valence-electron chi connectivity index (χ0n) is 12.2. The van der Waals surface area contributed by atoms with Crippen molar-refractivity contribution in [1.29, 1.82) is 0 Å². The summed E-state index contributed by atoms with van der Waals surface area (Å²) in [6.45, 7) is 3.30. The normalized spacial score (nSPS) is 18.5. The second kappa shape index (κ2) is 6.81. The first kappa shape index (κ1) is 14.9. The first-order valence-electron chi connectivity index (χ1n) is 6.89. The molecule has 0 bridgehead atoms. The van der Waals surface area contributed by atoms with Gasteiger partial charge in [-0.25, -0.2) is 0 Å². The Morgan fingerprint density at radius 2 is 1.90 bits per heavy atom. The van der Waals surface area contributed by atoms with E-state index in [9.17, 15) is 5.11 Å². The third kappa shape index (κ3) is 3.35. The second-order valence-electron chi connectivity index (χ2n) is 4.77. The number of hydrogen-bond donors (Lipinski definition) is 1. The topological polar surface area (TPSA) is 60.5 Å². The maximum Gasteiger partial charge on any atom is 0.203 e. The van der Waals surface area contributed by atoms with Crippen molar-refractivity contribution in [3.8, 4) is 17.2 Å². The van der Waals surface area contributed by atoms with Crippen molar-refractivity contribution >= 4 is 0 Å². The number of unbranched alkanes of at least 4 members (excludes halogenated alkanes) is 1. The Labute approximate surface area is 119 Å². The van der Waals surface area contributed by atoms with Gasteiger partial charge in [-0.1, -0.05) is 13.3 Å². The van der Waals surface area contributed by atoms with Gasteiger partial charge in [0.25, 0.3) is 0 Å². The fourth-order valence-electron chi connectivity index (χ4n) is 1.98. The molecule has 0 radical (unpaired) electrons. The molecule has 1 aromatic rings. The number of hydrogen-bond acceptors (Lipinski definition) is 5. The molecule has 20 heavy (non-hydrogen) atoms. The Kier molecular flexibility index (Phi) is 5.09. The number of aliphatic hydroxyl groups excluding tert-OH is 1. The lowest BCUT2D eigenvalue weighted by atomic mass is 10.1. The van der Waals surface area contributed by atoms with Gasteiger partial charge in [-0.2, -0.15) is 0 Å². The van der Waals surface area contributed by atoms with E-state index in [0.29, 0.717) is 36.0 Å². The number of benzene rings is 1. The first-order valence-corrected chi connectivity index (χ1v) is 6.89. The van der Waals surface area contributed by atoms with Gasteiger partial charge in [0.2, 0.25) is 5.75 Å². The van der Waals surface area contributed by atoms with Crippen molar-refractivity contribution in [1.82, 2.24) is 0 Å². The fourth-order valence-corrected chi connectivity index (χ4v) is 1.98. The van der Waals surface area contributed by atoms with Crippen molar-refractivity contribution in [3.63, 3.8) is 0 Å². The standard InChI is InChI=1S/C15H22O5/c1-4-5-6-19-15-11(17-2)7-10(8-12(15)18-3)14(16)13-9-20-13/h7-8,13-14,16H,4-6,9H2,1-3H3/t13?,14-/m1/s1. The van der Waals surface area contributed by atoms with Gasteiger partial charge >= 0.3 is 0 Å². The van der Waals surface area contributed by atoms with Crippen molar-refractivity contribution in [3.05, 3.63) is 17.7 Å². The third-order valence-corrected chi connectivity index (χ3v) is 3.28. The summed E-state index contributed by atoms with van der Waals surface area (Å²) in [7, 11) is 3.15. The van der Waals surface area contributed by atoms with Crippen LogP contribution in [-0.4, -0.2) is 38.6 Å². The van der Waals surface area contributed by atoms with Gasteiger partial charge in [-0.05, 0) is 24.1 Å². The van der Waals surface area contributed by atoms with Crippen LogP contribution in [0, 0.1) is 0 Å². The Hall–Kier alpha value is -1.46. The van der Waals surface area contributed by atoms with Crippen LogP contribution in [0.15, 0.2) is 12.1 Å². The molecule has 5 heteroatoms. The van der Waals surface area contributed by atoms with Crippen molar-refractivity contribution in [2.45, 2.75) is 32.0 Å². The number of epoxide rings is 1. The molecule has 1 heterocycles. The first-order chi connectivity index (χ1) is 9.71.